The molecule has 1 heterocycles. The zero-order valence-corrected chi connectivity index (χ0v) is 13.6. The molecule has 0 aromatic heterocycles. The third kappa shape index (κ3) is 5.15. The van der Waals surface area contributed by atoms with Gasteiger partial charge in [0.1, 0.15) is 0 Å². The van der Waals surface area contributed by atoms with Gasteiger partial charge >= 0.3 is 6.03 Å². The highest BCUT2D eigenvalue weighted by molar-refractivity contribution is 5.74. The van der Waals surface area contributed by atoms with E-state index in [1.165, 1.54) is 25.8 Å². The number of nitrogens with zero attached hydrogens (tertiary/aromatic N) is 2. The lowest BCUT2D eigenvalue weighted by atomic mass is 10.0. The van der Waals surface area contributed by atoms with Crippen LogP contribution in [0, 0.1) is 0 Å². The fourth-order valence-corrected chi connectivity index (χ4v) is 3.29. The second-order valence-electron chi connectivity index (χ2n) is 6.49. The molecule has 1 aliphatic carbocycles. The van der Waals surface area contributed by atoms with Gasteiger partial charge in [-0.15, -0.1) is 0 Å². The first-order valence-electron chi connectivity index (χ1n) is 8.45. The fraction of sp³-hybridized carbons (Fsp3) is 0.938. The molecule has 0 bridgehead atoms. The molecular formula is C16H31N3O2. The van der Waals surface area contributed by atoms with Crippen molar-refractivity contribution in [2.45, 2.75) is 57.0 Å². The maximum Gasteiger partial charge on any atom is 0.317 e. The molecule has 1 N–H and O–H groups in total. The number of hydrogen-bond acceptors (Lipinski definition) is 3. The Labute approximate surface area is 129 Å². The molecule has 0 radical (unpaired) electrons. The Morgan fingerprint density at radius 1 is 1.29 bits per heavy atom. The third-order valence-electron chi connectivity index (χ3n) is 4.84. The summed E-state index contributed by atoms with van der Waals surface area (Å²) < 4.78 is 5.21. The lowest BCUT2D eigenvalue weighted by Crippen LogP contribution is -2.50. The van der Waals surface area contributed by atoms with E-state index >= 15 is 0 Å². The highest BCUT2D eigenvalue weighted by Crippen LogP contribution is 2.18. The van der Waals surface area contributed by atoms with Crippen LogP contribution in [0.1, 0.15) is 44.9 Å². The molecule has 1 aliphatic heterocycles. The van der Waals surface area contributed by atoms with E-state index in [1.54, 1.807) is 7.11 Å². The summed E-state index contributed by atoms with van der Waals surface area (Å²) in [5, 5.41) is 3.13. The highest BCUT2D eigenvalue weighted by atomic mass is 16.5. The molecule has 2 rings (SSSR count). The minimum absolute atomic E-state index is 0.100. The Morgan fingerprint density at radius 2 is 2.05 bits per heavy atom. The number of hydrogen-bond donors (Lipinski definition) is 1. The summed E-state index contributed by atoms with van der Waals surface area (Å²) in [4.78, 5) is 16.3. The molecule has 0 spiro atoms. The van der Waals surface area contributed by atoms with Gasteiger partial charge in [0, 0.05) is 39.3 Å². The van der Waals surface area contributed by atoms with Crippen molar-refractivity contribution in [2.75, 3.05) is 40.4 Å². The van der Waals surface area contributed by atoms with Gasteiger partial charge in [0.15, 0.2) is 0 Å². The summed E-state index contributed by atoms with van der Waals surface area (Å²) in [7, 11) is 3.68. The van der Waals surface area contributed by atoms with E-state index in [-0.39, 0.29) is 6.03 Å². The van der Waals surface area contributed by atoms with Crippen LogP contribution in [0.2, 0.25) is 0 Å². The predicted molar refractivity (Wildman–Crippen MR) is 84.5 cm³/mol. The van der Waals surface area contributed by atoms with E-state index in [9.17, 15) is 4.79 Å². The van der Waals surface area contributed by atoms with E-state index in [0.717, 1.165) is 45.4 Å². The molecule has 1 atom stereocenters. The van der Waals surface area contributed by atoms with Crippen LogP contribution < -0.4 is 5.32 Å². The minimum Gasteiger partial charge on any atom is -0.383 e. The van der Waals surface area contributed by atoms with E-state index in [2.05, 4.69) is 10.2 Å². The fourth-order valence-electron chi connectivity index (χ4n) is 3.29. The molecule has 122 valence electrons. The van der Waals surface area contributed by atoms with Gasteiger partial charge < -0.3 is 15.0 Å². The molecule has 0 aromatic rings. The van der Waals surface area contributed by atoms with E-state index in [0.29, 0.717) is 12.1 Å². The van der Waals surface area contributed by atoms with Gasteiger partial charge in [0.2, 0.25) is 0 Å². The summed E-state index contributed by atoms with van der Waals surface area (Å²) >= 11 is 0. The lowest BCUT2D eigenvalue weighted by molar-refractivity contribution is 0.0225. The van der Waals surface area contributed by atoms with E-state index in [4.69, 9.17) is 4.74 Å². The van der Waals surface area contributed by atoms with Crippen LogP contribution in [0.4, 0.5) is 4.79 Å². The van der Waals surface area contributed by atoms with Crippen LogP contribution in [0.15, 0.2) is 0 Å². The number of carbonyl (C=O) groups is 1. The molecule has 21 heavy (non-hydrogen) atoms. The molecular weight excluding hydrogens is 266 g/mol. The zero-order valence-electron chi connectivity index (χ0n) is 13.6. The standard InChI is InChI=1S/C16H31N3O2/c1-18(16(20)17-14-7-3-4-8-14)10-5-6-11-19-12-9-15(19)13-21-2/h14-15H,3-13H2,1-2H3,(H,17,20)/t15-/m0/s1. The van der Waals surface area contributed by atoms with Crippen molar-refractivity contribution in [3.8, 4) is 0 Å². The van der Waals surface area contributed by atoms with Crippen LogP contribution in [-0.2, 0) is 4.74 Å². The normalized spacial score (nSPS) is 23.0. The summed E-state index contributed by atoms with van der Waals surface area (Å²) in [5.74, 6) is 0. The molecule has 0 aromatic carbocycles. The van der Waals surface area contributed by atoms with E-state index < -0.39 is 0 Å². The van der Waals surface area contributed by atoms with Crippen LogP contribution >= 0.6 is 0 Å². The van der Waals surface area contributed by atoms with Gasteiger partial charge in [-0.2, -0.15) is 0 Å². The zero-order chi connectivity index (χ0) is 15.1. The number of rotatable bonds is 8. The van der Waals surface area contributed by atoms with Gasteiger partial charge in [0.05, 0.1) is 6.61 Å². The van der Waals surface area contributed by atoms with Gasteiger partial charge in [-0.1, -0.05) is 12.8 Å². The molecule has 1 saturated heterocycles. The Morgan fingerprint density at radius 3 is 2.67 bits per heavy atom. The third-order valence-corrected chi connectivity index (χ3v) is 4.84. The monoisotopic (exact) mass is 297 g/mol. The van der Waals surface area contributed by atoms with Gasteiger partial charge in [-0.25, -0.2) is 4.79 Å². The summed E-state index contributed by atoms with van der Waals surface area (Å²) in [6.45, 7) is 4.03. The second kappa shape index (κ2) is 8.59. The van der Waals surface area contributed by atoms with Crippen molar-refractivity contribution in [1.29, 1.82) is 0 Å². The largest absolute Gasteiger partial charge is 0.383 e. The number of urea groups is 1. The Hall–Kier alpha value is -0.810. The van der Waals surface area contributed by atoms with Crippen LogP contribution in [0.3, 0.4) is 0 Å². The lowest BCUT2D eigenvalue weighted by Gasteiger charge is -2.40. The summed E-state index contributed by atoms with van der Waals surface area (Å²) in [6.07, 6.45) is 8.30. The number of carbonyl (C=O) groups excluding carboxylic acids is 1. The van der Waals surface area contributed by atoms with Crippen LogP contribution in [0.5, 0.6) is 0 Å². The number of amides is 2. The quantitative estimate of drug-likeness (QED) is 0.698. The Kier molecular flexibility index (Phi) is 6.77. The molecule has 2 fully saturated rings. The van der Waals surface area contributed by atoms with Crippen molar-refractivity contribution in [1.82, 2.24) is 15.1 Å². The maximum absolute atomic E-state index is 12.0. The van der Waals surface area contributed by atoms with Crippen molar-refractivity contribution < 1.29 is 9.53 Å². The number of likely N-dealkylation sites (tertiary alicyclic amines) is 1. The average molecular weight is 297 g/mol. The second-order valence-corrected chi connectivity index (χ2v) is 6.49. The molecule has 5 nitrogen and oxygen atoms in total. The number of unbranched alkanes of at least 4 members (excludes halogenated alkanes) is 1. The minimum atomic E-state index is 0.100. The van der Waals surface area contributed by atoms with Gasteiger partial charge in [-0.3, -0.25) is 4.90 Å². The first-order chi connectivity index (χ1) is 10.2. The SMILES string of the molecule is COC[C@@H]1CCN1CCCCN(C)C(=O)NC1CCCC1. The first-order valence-corrected chi connectivity index (χ1v) is 8.45. The molecule has 2 aliphatic rings. The molecule has 0 unspecified atom stereocenters. The number of nitrogens with one attached hydrogen (secondary N) is 1. The van der Waals surface area contributed by atoms with Gasteiger partial charge in [0.25, 0.3) is 0 Å². The van der Waals surface area contributed by atoms with Crippen molar-refractivity contribution >= 4 is 6.03 Å². The summed E-state index contributed by atoms with van der Waals surface area (Å²) in [6, 6.07) is 1.14. The van der Waals surface area contributed by atoms with Crippen molar-refractivity contribution in [3.05, 3.63) is 0 Å². The smallest absolute Gasteiger partial charge is 0.317 e. The van der Waals surface area contributed by atoms with E-state index in [1.807, 2.05) is 11.9 Å². The molecule has 1 saturated carbocycles. The van der Waals surface area contributed by atoms with Gasteiger partial charge in [-0.05, 0) is 38.6 Å². The Bertz CT molecular complexity index is 319. The van der Waals surface area contributed by atoms with Crippen molar-refractivity contribution in [2.24, 2.45) is 0 Å². The molecule has 5 heteroatoms. The van der Waals surface area contributed by atoms with Crippen molar-refractivity contribution in [3.63, 3.8) is 0 Å². The Balaban J connectivity index is 1.52. The number of ether oxygens (including phenoxy) is 1. The summed E-state index contributed by atoms with van der Waals surface area (Å²) in [5.41, 5.74) is 0. The average Bonchev–Trinajstić information content (AvgIpc) is 2.95. The topological polar surface area (TPSA) is 44.8 Å². The van der Waals surface area contributed by atoms with Crippen LogP contribution in [-0.4, -0.2) is 68.3 Å². The van der Waals surface area contributed by atoms with Crippen LogP contribution in [0.25, 0.3) is 0 Å². The first kappa shape index (κ1) is 16.6. The predicted octanol–water partition coefficient (Wildman–Crippen LogP) is 2.07. The number of methoxy groups -OCH3 is 1. The highest BCUT2D eigenvalue weighted by Gasteiger charge is 2.26. The molecule has 2 amide bonds. The maximum atomic E-state index is 12.0.